The highest BCUT2D eigenvalue weighted by atomic mass is 16.7. The van der Waals surface area contributed by atoms with Crippen molar-refractivity contribution in [2.75, 3.05) is 13.2 Å². The van der Waals surface area contributed by atoms with Gasteiger partial charge in [-0.1, -0.05) is 30.3 Å². The molecule has 1 aromatic rings. The van der Waals surface area contributed by atoms with Crippen LogP contribution in [0.4, 0.5) is 0 Å². The van der Waals surface area contributed by atoms with Crippen LogP contribution in [0.1, 0.15) is 25.0 Å². The van der Waals surface area contributed by atoms with Crippen molar-refractivity contribution in [3.8, 4) is 0 Å². The van der Waals surface area contributed by atoms with Crippen molar-refractivity contribution in [2.24, 2.45) is 5.73 Å². The summed E-state index contributed by atoms with van der Waals surface area (Å²) in [5.74, 6) is 0. The maximum absolute atomic E-state index is 5.54. The summed E-state index contributed by atoms with van der Waals surface area (Å²) in [4.78, 5) is 0. The summed E-state index contributed by atoms with van der Waals surface area (Å²) in [6.07, 6.45) is 3.65. The minimum absolute atomic E-state index is 0.265. The molecule has 0 amide bonds. The molecule has 0 aliphatic carbocycles. The monoisotopic (exact) mass is 235 g/mol. The van der Waals surface area contributed by atoms with Gasteiger partial charge in [-0.2, -0.15) is 0 Å². The molecule has 0 aliphatic rings. The Balaban J connectivity index is 2.59. The zero-order chi connectivity index (χ0) is 12.5. The van der Waals surface area contributed by atoms with Gasteiger partial charge in [-0.25, -0.2) is 0 Å². The first-order valence-electron chi connectivity index (χ1n) is 6.00. The van der Waals surface area contributed by atoms with Gasteiger partial charge in [-0.05, 0) is 31.1 Å². The van der Waals surface area contributed by atoms with Crippen LogP contribution in [-0.4, -0.2) is 19.5 Å². The molecular formula is C14H21NO2. The lowest BCUT2D eigenvalue weighted by Crippen LogP contribution is -2.13. The molecule has 3 heteroatoms. The van der Waals surface area contributed by atoms with Crippen LogP contribution in [0, 0.1) is 0 Å². The van der Waals surface area contributed by atoms with E-state index in [2.05, 4.69) is 0 Å². The van der Waals surface area contributed by atoms with E-state index in [9.17, 15) is 0 Å². The van der Waals surface area contributed by atoms with E-state index >= 15 is 0 Å². The Morgan fingerprint density at radius 2 is 1.71 bits per heavy atom. The zero-order valence-corrected chi connectivity index (χ0v) is 10.6. The van der Waals surface area contributed by atoms with Crippen molar-refractivity contribution in [1.82, 2.24) is 0 Å². The molecule has 0 aromatic heterocycles. The molecule has 0 spiro atoms. The lowest BCUT2D eigenvalue weighted by atomic mass is 10.1. The van der Waals surface area contributed by atoms with E-state index in [4.69, 9.17) is 15.2 Å². The highest BCUT2D eigenvalue weighted by molar-refractivity contribution is 5.49. The fourth-order valence-corrected chi connectivity index (χ4v) is 1.44. The van der Waals surface area contributed by atoms with Crippen molar-refractivity contribution in [1.29, 1.82) is 0 Å². The molecule has 0 unspecified atom stereocenters. The van der Waals surface area contributed by atoms with Gasteiger partial charge >= 0.3 is 0 Å². The van der Waals surface area contributed by atoms with Crippen LogP contribution in [0.3, 0.4) is 0 Å². The Bertz CT molecular complexity index is 327. The first-order valence-corrected chi connectivity index (χ1v) is 6.00. The van der Waals surface area contributed by atoms with Crippen LogP contribution in [0.15, 0.2) is 30.3 Å². The van der Waals surface area contributed by atoms with Crippen molar-refractivity contribution in [2.45, 2.75) is 26.7 Å². The van der Waals surface area contributed by atoms with Gasteiger partial charge in [-0.3, -0.25) is 0 Å². The summed E-state index contributed by atoms with van der Waals surface area (Å²) in [5.41, 5.74) is 7.79. The molecule has 94 valence electrons. The predicted molar refractivity (Wildman–Crippen MR) is 70.4 cm³/mol. The van der Waals surface area contributed by atoms with Crippen LogP contribution in [0.25, 0.3) is 6.08 Å². The van der Waals surface area contributed by atoms with E-state index in [0.29, 0.717) is 19.8 Å². The number of rotatable bonds is 7. The second-order valence-electron chi connectivity index (χ2n) is 3.58. The summed E-state index contributed by atoms with van der Waals surface area (Å²) in [6.45, 7) is 5.76. The number of ether oxygens (including phenoxy) is 2. The molecule has 1 rings (SSSR count). The van der Waals surface area contributed by atoms with Gasteiger partial charge in [0.15, 0.2) is 6.29 Å². The highest BCUT2D eigenvalue weighted by Gasteiger charge is 2.01. The predicted octanol–water partition coefficient (Wildman–Crippen LogP) is 2.56. The molecule has 0 fully saturated rings. The van der Waals surface area contributed by atoms with Crippen molar-refractivity contribution >= 4 is 6.08 Å². The molecule has 0 radical (unpaired) electrons. The van der Waals surface area contributed by atoms with Gasteiger partial charge in [0.1, 0.15) is 0 Å². The molecule has 0 bridgehead atoms. The number of benzene rings is 1. The molecule has 0 atom stereocenters. The summed E-state index contributed by atoms with van der Waals surface area (Å²) < 4.78 is 10.8. The largest absolute Gasteiger partial charge is 0.349 e. The Morgan fingerprint density at radius 3 is 2.18 bits per heavy atom. The maximum atomic E-state index is 5.54. The van der Waals surface area contributed by atoms with E-state index in [1.807, 2.05) is 50.3 Å². The van der Waals surface area contributed by atoms with E-state index in [1.165, 1.54) is 0 Å². The minimum Gasteiger partial charge on any atom is -0.349 e. The van der Waals surface area contributed by atoms with Crippen LogP contribution in [0.2, 0.25) is 0 Å². The van der Waals surface area contributed by atoms with Crippen LogP contribution < -0.4 is 5.73 Å². The van der Waals surface area contributed by atoms with Crippen molar-refractivity contribution in [3.63, 3.8) is 0 Å². The third-order valence-corrected chi connectivity index (χ3v) is 2.32. The molecule has 0 aliphatic heterocycles. The molecule has 0 heterocycles. The first-order chi connectivity index (χ1) is 8.30. The van der Waals surface area contributed by atoms with Crippen LogP contribution in [-0.2, 0) is 16.0 Å². The normalized spacial score (nSPS) is 11.5. The third kappa shape index (κ3) is 5.13. The fourth-order valence-electron chi connectivity index (χ4n) is 1.44. The van der Waals surface area contributed by atoms with Gasteiger partial charge in [0.25, 0.3) is 0 Å². The first kappa shape index (κ1) is 13.9. The summed E-state index contributed by atoms with van der Waals surface area (Å²) >= 11 is 0. The van der Waals surface area contributed by atoms with E-state index in [-0.39, 0.29) is 6.29 Å². The lowest BCUT2D eigenvalue weighted by Gasteiger charge is -2.12. The van der Waals surface area contributed by atoms with Crippen LogP contribution >= 0.6 is 0 Å². The van der Waals surface area contributed by atoms with Crippen molar-refractivity contribution in [3.05, 3.63) is 41.5 Å². The minimum atomic E-state index is -0.265. The second kappa shape index (κ2) is 8.01. The Hall–Kier alpha value is -1.16. The summed E-state index contributed by atoms with van der Waals surface area (Å²) in [7, 11) is 0. The van der Waals surface area contributed by atoms with Gasteiger partial charge in [0, 0.05) is 19.8 Å². The Kier molecular flexibility index (Phi) is 6.55. The molecule has 1 aromatic carbocycles. The quantitative estimate of drug-likeness (QED) is 0.739. The smallest absolute Gasteiger partial charge is 0.177 e. The molecule has 0 saturated heterocycles. The molecule has 0 saturated carbocycles. The second-order valence-corrected chi connectivity index (χ2v) is 3.58. The SMILES string of the molecule is CCOC(/C=C/c1ccc(CN)cc1)OCC. The standard InChI is InChI=1S/C14H21NO2/c1-3-16-14(17-4-2)10-9-12-5-7-13(11-15)8-6-12/h5-10,14H,3-4,11,15H2,1-2H3/b10-9+. The number of nitrogens with two attached hydrogens (primary N) is 1. The van der Waals surface area contributed by atoms with Gasteiger partial charge in [-0.15, -0.1) is 0 Å². The van der Waals surface area contributed by atoms with Crippen molar-refractivity contribution < 1.29 is 9.47 Å². The topological polar surface area (TPSA) is 44.5 Å². The Morgan fingerprint density at radius 1 is 1.12 bits per heavy atom. The highest BCUT2D eigenvalue weighted by Crippen LogP contribution is 2.07. The molecule has 2 N–H and O–H groups in total. The number of hydrogen-bond acceptors (Lipinski definition) is 3. The number of hydrogen-bond donors (Lipinski definition) is 1. The molecule has 17 heavy (non-hydrogen) atoms. The van der Waals surface area contributed by atoms with Gasteiger partial charge in [0.2, 0.25) is 0 Å². The third-order valence-electron chi connectivity index (χ3n) is 2.32. The summed E-state index contributed by atoms with van der Waals surface area (Å²) in [6, 6.07) is 8.12. The molecular weight excluding hydrogens is 214 g/mol. The van der Waals surface area contributed by atoms with Gasteiger partial charge < -0.3 is 15.2 Å². The fraction of sp³-hybridized carbons (Fsp3) is 0.429. The lowest BCUT2D eigenvalue weighted by molar-refractivity contribution is -0.103. The average Bonchev–Trinajstić information content (AvgIpc) is 2.37. The van der Waals surface area contributed by atoms with Crippen LogP contribution in [0.5, 0.6) is 0 Å². The molecule has 3 nitrogen and oxygen atoms in total. The van der Waals surface area contributed by atoms with Gasteiger partial charge in [0.05, 0.1) is 0 Å². The zero-order valence-electron chi connectivity index (χ0n) is 10.6. The van der Waals surface area contributed by atoms with E-state index in [1.54, 1.807) is 0 Å². The maximum Gasteiger partial charge on any atom is 0.177 e. The average molecular weight is 235 g/mol. The summed E-state index contributed by atoms with van der Waals surface area (Å²) in [5, 5.41) is 0. The van der Waals surface area contributed by atoms with E-state index < -0.39 is 0 Å². The Labute approximate surface area is 103 Å². The van der Waals surface area contributed by atoms with E-state index in [0.717, 1.165) is 11.1 Å².